The Morgan fingerprint density at radius 2 is 0.615 bits per heavy atom. The van der Waals surface area contributed by atoms with Gasteiger partial charge in [-0.1, -0.05) is 315 Å². The van der Waals surface area contributed by atoms with Gasteiger partial charge in [0.15, 0.2) is 5.82 Å². The Kier molecular flexibility index (Phi) is 20.3. The van der Waals surface area contributed by atoms with Crippen molar-refractivity contribution in [2.45, 2.75) is 0 Å². The molecule has 16 aromatic carbocycles. The molecular weight excluding hydrogens is 1600 g/mol. The van der Waals surface area contributed by atoms with Crippen molar-refractivity contribution in [2.75, 3.05) is 0 Å². The first-order chi connectivity index (χ1) is 64.4. The van der Waals surface area contributed by atoms with Crippen LogP contribution in [0.1, 0.15) is 0 Å². The average molecular weight is 1680 g/mol. The molecule has 9 aromatic heterocycles. The van der Waals surface area contributed by atoms with Gasteiger partial charge < -0.3 is 0 Å². The highest BCUT2D eigenvalue weighted by Gasteiger charge is 2.21. The molecule has 9 heterocycles. The lowest BCUT2D eigenvalue weighted by Crippen LogP contribution is -1.97. The largest absolute Gasteiger partial charge is 0.292 e. The molecule has 10 nitrogen and oxygen atoms in total. The third-order valence-electron chi connectivity index (χ3n) is 24.5. The molecule has 0 amide bonds. The van der Waals surface area contributed by atoms with Gasteiger partial charge in [0.2, 0.25) is 0 Å². The number of benzene rings is 16. The molecule has 130 heavy (non-hydrogen) atoms. The van der Waals surface area contributed by atoms with Crippen molar-refractivity contribution >= 4 is 108 Å². The van der Waals surface area contributed by atoms with Gasteiger partial charge in [0.1, 0.15) is 5.82 Å². The highest BCUT2D eigenvalue weighted by Crippen LogP contribution is 2.44. The standard InChI is InChI=1S/C41H25N3S.C40H26N4.C38H25N3/c1-2-9-28(10-3-1)38-40-39(35-14-4-5-17-36(35)45-40)44-41(43-38)31-12-6-11-30(25-31)26-18-20-27(21-19-26)32-15-7-16-34-33(32)23-22-29-13-8-24-42-37(29)34;1-4-32(27-9-11-28(12-10-27)35-7-2-8-37-36(35)14-13-31-6-3-19-43-40(31)37)24-33(5-1)34-25-38(29-15-20-41-21-16-29)44-39(26-34)30-17-22-42-23-18-30;1-2-12-31(13-3-1)41-36-17-5-4-16-35(36)40-38(41)30-10-6-9-29(25-30)26-18-20-27(21-19-26)32-14-7-15-34-33(32)23-22-28-11-8-24-39-37(28)34/h1-25H;1-26H;1-25H. The van der Waals surface area contributed by atoms with Gasteiger partial charge in [-0.05, 0) is 197 Å². The van der Waals surface area contributed by atoms with Gasteiger partial charge in [-0.25, -0.2) is 19.9 Å². The summed E-state index contributed by atoms with van der Waals surface area (Å²) in [4.78, 5) is 42.8. The van der Waals surface area contributed by atoms with Crippen LogP contribution in [0.15, 0.2) is 462 Å². The number of thiophene rings is 1. The van der Waals surface area contributed by atoms with E-state index >= 15 is 0 Å². The molecule has 0 bridgehead atoms. The first kappa shape index (κ1) is 77.5. The number of aromatic nitrogens is 10. The fraction of sp³-hybridized carbons (Fsp3) is 0. The van der Waals surface area contributed by atoms with Gasteiger partial charge in [-0.15, -0.1) is 11.3 Å². The number of pyridine rings is 6. The van der Waals surface area contributed by atoms with Crippen LogP contribution < -0.4 is 0 Å². The van der Waals surface area contributed by atoms with Crippen LogP contribution in [0.25, 0.3) is 236 Å². The lowest BCUT2D eigenvalue weighted by atomic mass is 9.94. The minimum absolute atomic E-state index is 0.736. The fourth-order valence-electron chi connectivity index (χ4n) is 18.1. The van der Waals surface area contributed by atoms with Crippen LogP contribution in [0, 0.1) is 0 Å². The van der Waals surface area contributed by atoms with E-state index in [0.29, 0.717) is 0 Å². The molecule has 0 unspecified atom stereocenters. The van der Waals surface area contributed by atoms with Gasteiger partial charge in [-0.3, -0.25) is 29.5 Å². The number of hydrogen-bond donors (Lipinski definition) is 0. The molecule has 0 atom stereocenters. The van der Waals surface area contributed by atoms with Crippen LogP contribution >= 0.6 is 11.3 Å². The molecule has 0 aliphatic rings. The van der Waals surface area contributed by atoms with E-state index in [-0.39, 0.29) is 0 Å². The summed E-state index contributed by atoms with van der Waals surface area (Å²) in [6, 6.07) is 147. The average Bonchev–Trinajstić information content (AvgIpc) is 1.58. The summed E-state index contributed by atoms with van der Waals surface area (Å²) in [5.74, 6) is 1.67. The van der Waals surface area contributed by atoms with E-state index in [4.69, 9.17) is 19.9 Å². The Hall–Kier alpha value is -17.3. The SMILES string of the molecule is c1cc(-c2ccc(-c3cccc4c3ccc3cccnc34)cc2)cc(-c2cc(-c3ccncc3)nc(-c3ccncc3)c2)c1.c1ccc(-c2nc(-c3cccc(-c4ccc(-c5cccc6c5ccc5cccnc56)cc4)c3)nc3c2sc2ccccc23)cc1.c1ccc(-n2c(-c3cccc(-c4ccc(-c5cccc6c5ccc5cccnc56)cc4)c3)nc3ccccc32)cc1. The Labute approximate surface area is 753 Å². The normalized spacial score (nSPS) is 11.4. The fourth-order valence-corrected chi connectivity index (χ4v) is 19.3. The van der Waals surface area contributed by atoms with Crippen molar-refractivity contribution in [3.63, 3.8) is 0 Å². The first-order valence-electron chi connectivity index (χ1n) is 43.5. The Balaban J connectivity index is 0.000000111. The zero-order chi connectivity index (χ0) is 86.2. The van der Waals surface area contributed by atoms with Crippen LogP contribution in [0.3, 0.4) is 0 Å². The van der Waals surface area contributed by atoms with E-state index in [1.54, 1.807) is 36.1 Å². The number of hydrogen-bond acceptors (Lipinski definition) is 10. The quantitative estimate of drug-likeness (QED) is 0.104. The highest BCUT2D eigenvalue weighted by molar-refractivity contribution is 7.26. The molecule has 0 fully saturated rings. The summed E-state index contributed by atoms with van der Waals surface area (Å²) in [5.41, 5.74) is 31.7. The number of para-hydroxylation sites is 3. The van der Waals surface area contributed by atoms with Crippen LogP contribution in [-0.4, -0.2) is 49.4 Å². The van der Waals surface area contributed by atoms with Crippen LogP contribution in [0.2, 0.25) is 0 Å². The summed E-state index contributed by atoms with van der Waals surface area (Å²) >= 11 is 1.76. The van der Waals surface area contributed by atoms with Crippen molar-refractivity contribution in [1.82, 2.24) is 49.4 Å². The molecule has 11 heteroatoms. The van der Waals surface area contributed by atoms with Gasteiger partial charge in [-0.2, -0.15) is 0 Å². The van der Waals surface area contributed by atoms with Gasteiger partial charge in [0, 0.05) is 119 Å². The highest BCUT2D eigenvalue weighted by atomic mass is 32.1. The molecule has 25 rings (SSSR count). The van der Waals surface area contributed by atoms with Gasteiger partial charge >= 0.3 is 0 Å². The van der Waals surface area contributed by atoms with E-state index in [2.05, 4.69) is 387 Å². The minimum Gasteiger partial charge on any atom is -0.292 e. The van der Waals surface area contributed by atoms with Gasteiger partial charge in [0.05, 0.1) is 54.9 Å². The van der Waals surface area contributed by atoms with Crippen molar-refractivity contribution in [2.24, 2.45) is 0 Å². The van der Waals surface area contributed by atoms with Crippen molar-refractivity contribution in [1.29, 1.82) is 0 Å². The number of rotatable bonds is 13. The van der Waals surface area contributed by atoms with Crippen molar-refractivity contribution in [3.05, 3.63) is 462 Å². The summed E-state index contributed by atoms with van der Waals surface area (Å²) in [7, 11) is 0. The Morgan fingerprint density at radius 1 is 0.215 bits per heavy atom. The molecule has 0 aliphatic carbocycles. The smallest absolute Gasteiger partial charge is 0.160 e. The topological polar surface area (TPSA) is 121 Å². The predicted octanol–water partition coefficient (Wildman–Crippen LogP) is 30.8. The van der Waals surface area contributed by atoms with E-state index < -0.39 is 0 Å². The molecular formula is C119H76N10S. The van der Waals surface area contributed by atoms with E-state index in [9.17, 15) is 0 Å². The molecule has 0 radical (unpaired) electrons. The third kappa shape index (κ3) is 14.9. The number of nitrogens with zero attached hydrogens (tertiary/aromatic N) is 10. The summed E-state index contributed by atoms with van der Waals surface area (Å²) in [6.07, 6.45) is 12.8. The van der Waals surface area contributed by atoms with Crippen LogP contribution in [0.4, 0.5) is 0 Å². The molecule has 0 saturated carbocycles. The second kappa shape index (κ2) is 34.0. The number of imidazole rings is 1. The van der Waals surface area contributed by atoms with Crippen molar-refractivity contribution < 1.29 is 0 Å². The predicted molar refractivity (Wildman–Crippen MR) is 539 cm³/mol. The monoisotopic (exact) mass is 1680 g/mol. The third-order valence-corrected chi connectivity index (χ3v) is 25.7. The van der Waals surface area contributed by atoms with Crippen LogP contribution in [0.5, 0.6) is 0 Å². The molecule has 0 saturated heterocycles. The lowest BCUT2D eigenvalue weighted by molar-refractivity contribution is 1.10. The van der Waals surface area contributed by atoms with Crippen molar-refractivity contribution in [3.8, 4) is 140 Å². The maximum atomic E-state index is 5.17. The second-order valence-corrected chi connectivity index (χ2v) is 33.4. The Bertz CT molecular complexity index is 8530. The van der Waals surface area contributed by atoms with E-state index in [1.165, 1.54) is 86.9 Å². The summed E-state index contributed by atoms with van der Waals surface area (Å²) in [5, 5.41) is 11.8. The first-order valence-corrected chi connectivity index (χ1v) is 44.3. The maximum Gasteiger partial charge on any atom is 0.160 e. The van der Waals surface area contributed by atoms with Gasteiger partial charge in [0.25, 0.3) is 0 Å². The zero-order valence-corrected chi connectivity index (χ0v) is 71.1. The Morgan fingerprint density at radius 3 is 1.12 bits per heavy atom. The summed E-state index contributed by atoms with van der Waals surface area (Å²) < 4.78 is 4.59. The maximum absolute atomic E-state index is 5.17. The second-order valence-electron chi connectivity index (χ2n) is 32.3. The van der Waals surface area contributed by atoms with E-state index in [0.717, 1.165) is 150 Å². The van der Waals surface area contributed by atoms with E-state index in [1.807, 2.05) is 79.3 Å². The molecule has 0 N–H and O–H groups in total. The molecule has 25 aromatic rings. The lowest BCUT2D eigenvalue weighted by Gasteiger charge is -2.12. The zero-order valence-electron chi connectivity index (χ0n) is 70.3. The summed E-state index contributed by atoms with van der Waals surface area (Å²) in [6.45, 7) is 0. The minimum atomic E-state index is 0.736. The number of fused-ring (bicyclic) bond motifs is 13. The molecule has 0 spiro atoms. The van der Waals surface area contributed by atoms with Crippen LogP contribution in [-0.2, 0) is 0 Å². The molecule has 0 aliphatic heterocycles. The molecule has 608 valence electrons.